The van der Waals surface area contributed by atoms with Crippen LogP contribution in [0.1, 0.15) is 239 Å². The maximum atomic E-state index is 12.5. The molecule has 1 atom stereocenters. The van der Waals surface area contributed by atoms with Crippen molar-refractivity contribution in [2.75, 3.05) is 0 Å². The SMILES string of the molecule is CC/C=C\C/C=C\C/C=C\CCCCCCCCCCCC(=O)OC(CCCCCCCCCCCCCCCCCCCC)CCC(=O)O. The standard InChI is InChI=1S/C46H84O4/c1-3-5-7-9-11-13-15-17-19-21-23-25-27-29-31-33-35-37-39-41-46(49)50-44(42-43-45(47)48)40-38-36-34-32-30-28-26-24-22-20-18-16-14-12-10-8-6-4-2/h5,7,11,13,17,19,44H,3-4,6,8-10,12,14-16,18,20-43H2,1-2H3,(H,47,48)/b7-5-,13-11-,19-17-. The first-order chi connectivity index (χ1) is 24.6. The van der Waals surface area contributed by atoms with Gasteiger partial charge in [0, 0.05) is 12.8 Å². The van der Waals surface area contributed by atoms with Crippen molar-refractivity contribution in [1.29, 1.82) is 0 Å². The van der Waals surface area contributed by atoms with Crippen molar-refractivity contribution in [3.8, 4) is 0 Å². The van der Waals surface area contributed by atoms with E-state index in [0.717, 1.165) is 51.4 Å². The highest BCUT2D eigenvalue weighted by Crippen LogP contribution is 2.18. The Labute approximate surface area is 311 Å². The van der Waals surface area contributed by atoms with Crippen molar-refractivity contribution in [2.24, 2.45) is 0 Å². The third kappa shape index (κ3) is 40.6. The molecule has 0 aliphatic rings. The molecular weight excluding hydrogens is 617 g/mol. The Kier molecular flexibility index (Phi) is 40.0. The first-order valence-corrected chi connectivity index (χ1v) is 22.0. The summed E-state index contributed by atoms with van der Waals surface area (Å²) in [5.41, 5.74) is 0. The van der Waals surface area contributed by atoms with Crippen molar-refractivity contribution in [2.45, 2.75) is 245 Å². The molecule has 292 valence electrons. The second-order valence-electron chi connectivity index (χ2n) is 14.9. The Bertz CT molecular complexity index is 798. The van der Waals surface area contributed by atoms with E-state index in [1.807, 2.05) is 0 Å². The van der Waals surface area contributed by atoms with Crippen molar-refractivity contribution in [1.82, 2.24) is 0 Å². The van der Waals surface area contributed by atoms with Crippen LogP contribution in [0.2, 0.25) is 0 Å². The van der Waals surface area contributed by atoms with Gasteiger partial charge < -0.3 is 9.84 Å². The van der Waals surface area contributed by atoms with Gasteiger partial charge in [0.25, 0.3) is 0 Å². The average Bonchev–Trinajstić information content (AvgIpc) is 3.10. The molecule has 0 saturated heterocycles. The van der Waals surface area contributed by atoms with Gasteiger partial charge in [-0.1, -0.05) is 204 Å². The molecule has 1 N–H and O–H groups in total. The number of carboxylic acids is 1. The fourth-order valence-electron chi connectivity index (χ4n) is 6.66. The van der Waals surface area contributed by atoms with E-state index in [1.54, 1.807) is 0 Å². The number of hydrogen-bond donors (Lipinski definition) is 1. The van der Waals surface area contributed by atoms with Crippen LogP contribution < -0.4 is 0 Å². The van der Waals surface area contributed by atoms with Gasteiger partial charge >= 0.3 is 11.9 Å². The van der Waals surface area contributed by atoms with Crippen molar-refractivity contribution in [3.05, 3.63) is 36.5 Å². The van der Waals surface area contributed by atoms with Gasteiger partial charge in [0.2, 0.25) is 0 Å². The molecule has 0 amide bonds. The molecule has 0 bridgehead atoms. The number of carboxylic acid groups (broad SMARTS) is 1. The van der Waals surface area contributed by atoms with E-state index in [0.29, 0.717) is 12.8 Å². The summed E-state index contributed by atoms with van der Waals surface area (Å²) in [6, 6.07) is 0. The number of carbonyl (C=O) groups excluding carboxylic acids is 1. The number of ether oxygens (including phenoxy) is 1. The van der Waals surface area contributed by atoms with Crippen molar-refractivity contribution >= 4 is 11.9 Å². The molecule has 0 fully saturated rings. The predicted molar refractivity (Wildman–Crippen MR) is 218 cm³/mol. The van der Waals surface area contributed by atoms with Crippen LogP contribution in [0.3, 0.4) is 0 Å². The first-order valence-electron chi connectivity index (χ1n) is 22.0. The molecule has 0 heterocycles. The second kappa shape index (κ2) is 41.6. The maximum absolute atomic E-state index is 12.5. The van der Waals surface area contributed by atoms with Crippen LogP contribution in [0, 0.1) is 0 Å². The number of aliphatic carboxylic acids is 1. The van der Waals surface area contributed by atoms with E-state index in [9.17, 15) is 9.59 Å². The summed E-state index contributed by atoms with van der Waals surface area (Å²) >= 11 is 0. The largest absolute Gasteiger partial charge is 0.481 e. The molecule has 0 aliphatic carbocycles. The maximum Gasteiger partial charge on any atom is 0.306 e. The minimum atomic E-state index is -0.810. The lowest BCUT2D eigenvalue weighted by molar-refractivity contribution is -0.151. The molecule has 1 unspecified atom stereocenters. The first kappa shape index (κ1) is 48.2. The monoisotopic (exact) mass is 701 g/mol. The molecule has 0 aromatic heterocycles. The van der Waals surface area contributed by atoms with Crippen molar-refractivity contribution in [3.63, 3.8) is 0 Å². The van der Waals surface area contributed by atoms with Crippen LogP contribution in [0.4, 0.5) is 0 Å². The van der Waals surface area contributed by atoms with E-state index in [1.165, 1.54) is 154 Å². The van der Waals surface area contributed by atoms with Crippen LogP contribution in [0.25, 0.3) is 0 Å². The van der Waals surface area contributed by atoms with Gasteiger partial charge in [0.1, 0.15) is 6.10 Å². The summed E-state index contributed by atoms with van der Waals surface area (Å²) in [4.78, 5) is 23.6. The zero-order chi connectivity index (χ0) is 36.4. The highest BCUT2D eigenvalue weighted by atomic mass is 16.5. The molecule has 0 aromatic carbocycles. The Hall–Kier alpha value is -1.84. The van der Waals surface area contributed by atoms with Gasteiger partial charge in [0.05, 0.1) is 0 Å². The minimum Gasteiger partial charge on any atom is -0.481 e. The average molecular weight is 701 g/mol. The van der Waals surface area contributed by atoms with E-state index in [-0.39, 0.29) is 18.5 Å². The molecule has 0 spiro atoms. The third-order valence-electron chi connectivity index (χ3n) is 9.89. The number of unbranched alkanes of at least 4 members (excludes halogenated alkanes) is 26. The highest BCUT2D eigenvalue weighted by molar-refractivity contribution is 5.69. The van der Waals surface area contributed by atoms with Crippen LogP contribution in [-0.2, 0) is 14.3 Å². The number of esters is 1. The number of hydrogen-bond acceptors (Lipinski definition) is 3. The minimum absolute atomic E-state index is 0.0721. The second-order valence-corrected chi connectivity index (χ2v) is 14.9. The van der Waals surface area contributed by atoms with Crippen LogP contribution >= 0.6 is 0 Å². The quantitative estimate of drug-likeness (QED) is 0.0393. The van der Waals surface area contributed by atoms with E-state index in [2.05, 4.69) is 50.3 Å². The topological polar surface area (TPSA) is 63.6 Å². The Morgan fingerprint density at radius 2 is 0.860 bits per heavy atom. The molecule has 0 aliphatic heterocycles. The van der Waals surface area contributed by atoms with Gasteiger partial charge in [0.15, 0.2) is 0 Å². The lowest BCUT2D eigenvalue weighted by Gasteiger charge is -2.17. The fourth-order valence-corrected chi connectivity index (χ4v) is 6.66. The highest BCUT2D eigenvalue weighted by Gasteiger charge is 2.16. The summed E-state index contributed by atoms with van der Waals surface area (Å²) in [6.45, 7) is 4.45. The molecule has 0 aromatic rings. The Balaban J connectivity index is 3.69. The molecule has 4 nitrogen and oxygen atoms in total. The van der Waals surface area contributed by atoms with Crippen LogP contribution in [-0.4, -0.2) is 23.1 Å². The Morgan fingerprint density at radius 1 is 0.460 bits per heavy atom. The summed E-state index contributed by atoms with van der Waals surface area (Å²) in [7, 11) is 0. The van der Waals surface area contributed by atoms with Crippen molar-refractivity contribution < 1.29 is 19.4 Å². The molecular formula is C46H84O4. The lowest BCUT2D eigenvalue weighted by Crippen LogP contribution is -2.19. The van der Waals surface area contributed by atoms with Gasteiger partial charge in [-0.3, -0.25) is 9.59 Å². The van der Waals surface area contributed by atoms with Crippen LogP contribution in [0.15, 0.2) is 36.5 Å². The predicted octanol–water partition coefficient (Wildman–Crippen LogP) is 15.3. The zero-order valence-corrected chi connectivity index (χ0v) is 33.5. The smallest absolute Gasteiger partial charge is 0.306 e. The number of allylic oxidation sites excluding steroid dienone is 6. The molecule has 4 heteroatoms. The summed E-state index contributed by atoms with van der Waals surface area (Å²) in [5.74, 6) is -0.952. The molecule has 0 rings (SSSR count). The molecule has 0 radical (unpaired) electrons. The lowest BCUT2D eigenvalue weighted by atomic mass is 10.0. The van der Waals surface area contributed by atoms with E-state index >= 15 is 0 Å². The normalized spacial score (nSPS) is 12.5. The molecule has 0 saturated carbocycles. The Morgan fingerprint density at radius 3 is 1.32 bits per heavy atom. The van der Waals surface area contributed by atoms with Gasteiger partial charge in [-0.15, -0.1) is 0 Å². The van der Waals surface area contributed by atoms with Gasteiger partial charge in [-0.25, -0.2) is 0 Å². The third-order valence-corrected chi connectivity index (χ3v) is 9.89. The van der Waals surface area contributed by atoms with E-state index in [4.69, 9.17) is 9.84 Å². The van der Waals surface area contributed by atoms with Crippen LogP contribution in [0.5, 0.6) is 0 Å². The van der Waals surface area contributed by atoms with Gasteiger partial charge in [-0.05, 0) is 57.8 Å². The summed E-state index contributed by atoms with van der Waals surface area (Å²) in [5, 5.41) is 9.16. The number of rotatable bonds is 40. The fraction of sp³-hybridized carbons (Fsp3) is 0.826. The summed E-state index contributed by atoms with van der Waals surface area (Å²) < 4.78 is 5.76. The number of carbonyl (C=O) groups is 2. The molecule has 50 heavy (non-hydrogen) atoms. The van der Waals surface area contributed by atoms with E-state index < -0.39 is 5.97 Å². The zero-order valence-electron chi connectivity index (χ0n) is 33.5. The summed E-state index contributed by atoms with van der Waals surface area (Å²) in [6.07, 6.45) is 54.6. The van der Waals surface area contributed by atoms with Gasteiger partial charge in [-0.2, -0.15) is 0 Å².